The molecule has 1 aromatic heterocycles. The molecule has 2 aromatic rings. The van der Waals surface area contributed by atoms with Crippen molar-refractivity contribution in [1.29, 1.82) is 0 Å². The van der Waals surface area contributed by atoms with Gasteiger partial charge in [0.05, 0.1) is 24.1 Å². The van der Waals surface area contributed by atoms with Gasteiger partial charge in [-0.15, -0.1) is 0 Å². The summed E-state index contributed by atoms with van der Waals surface area (Å²) in [5.41, 5.74) is 1.62. The molecule has 1 amide bonds. The lowest BCUT2D eigenvalue weighted by atomic mass is 10.1. The molecule has 2 N–H and O–H groups in total. The number of aryl methyl sites for hydroxylation is 1. The van der Waals surface area contributed by atoms with E-state index in [9.17, 15) is 4.79 Å². The van der Waals surface area contributed by atoms with Crippen molar-refractivity contribution >= 4 is 23.2 Å². The summed E-state index contributed by atoms with van der Waals surface area (Å²) in [5.74, 6) is 5.43. The van der Waals surface area contributed by atoms with Gasteiger partial charge in [-0.25, -0.2) is 0 Å². The molecule has 0 saturated heterocycles. The van der Waals surface area contributed by atoms with Crippen LogP contribution in [0.5, 0.6) is 0 Å². The number of aromatic nitrogens is 2. The van der Waals surface area contributed by atoms with E-state index in [4.69, 9.17) is 16.7 Å². The van der Waals surface area contributed by atoms with Gasteiger partial charge in [0, 0.05) is 30.3 Å². The molecule has 0 aliphatic rings. The van der Waals surface area contributed by atoms with Gasteiger partial charge in [0.2, 0.25) is 0 Å². The number of aliphatic hydroxyl groups is 1. The second kappa shape index (κ2) is 6.93. The summed E-state index contributed by atoms with van der Waals surface area (Å²) < 4.78 is 1.55. The van der Waals surface area contributed by atoms with Crippen molar-refractivity contribution in [3.05, 3.63) is 46.7 Å². The number of aliphatic hydroxyl groups excluding tert-OH is 1. The molecule has 1 aromatic carbocycles. The number of nitrogens with one attached hydrogen (secondary N) is 1. The lowest BCUT2D eigenvalue weighted by Gasteiger charge is -2.07. The van der Waals surface area contributed by atoms with Crippen LogP contribution in [-0.4, -0.2) is 27.4 Å². The van der Waals surface area contributed by atoms with Crippen molar-refractivity contribution in [1.82, 2.24) is 9.78 Å². The highest BCUT2D eigenvalue weighted by molar-refractivity contribution is 6.31. The van der Waals surface area contributed by atoms with Crippen LogP contribution in [0.2, 0.25) is 5.02 Å². The van der Waals surface area contributed by atoms with Crippen LogP contribution in [0.4, 0.5) is 5.69 Å². The van der Waals surface area contributed by atoms with Crippen LogP contribution >= 0.6 is 11.6 Å². The van der Waals surface area contributed by atoms with Gasteiger partial charge >= 0.3 is 0 Å². The zero-order valence-electron chi connectivity index (χ0n) is 11.4. The number of anilines is 1. The average molecular weight is 304 g/mol. The van der Waals surface area contributed by atoms with E-state index in [0.717, 1.165) is 0 Å². The highest BCUT2D eigenvalue weighted by atomic mass is 35.5. The quantitative estimate of drug-likeness (QED) is 0.853. The Morgan fingerprint density at radius 1 is 1.52 bits per heavy atom. The van der Waals surface area contributed by atoms with Gasteiger partial charge in [-0.3, -0.25) is 9.48 Å². The van der Waals surface area contributed by atoms with Gasteiger partial charge in [-0.05, 0) is 18.2 Å². The van der Waals surface area contributed by atoms with Gasteiger partial charge in [0.25, 0.3) is 5.91 Å². The molecular weight excluding hydrogens is 290 g/mol. The Bertz CT molecular complexity index is 713. The van der Waals surface area contributed by atoms with Crippen LogP contribution in [-0.2, 0) is 7.05 Å². The molecule has 0 bridgehead atoms. The number of amides is 1. The van der Waals surface area contributed by atoms with Gasteiger partial charge in [-0.2, -0.15) is 5.10 Å². The first-order chi connectivity index (χ1) is 10.1. The predicted octanol–water partition coefficient (Wildman–Crippen LogP) is 2.06. The fraction of sp³-hybridized carbons (Fsp3) is 0.200. The first kappa shape index (κ1) is 15.1. The smallest absolute Gasteiger partial charge is 0.258 e. The molecule has 0 unspecified atom stereocenters. The molecule has 0 aliphatic heterocycles. The minimum Gasteiger partial charge on any atom is -0.395 e. The fourth-order valence-corrected chi connectivity index (χ4v) is 1.85. The minimum absolute atomic E-state index is 0.00202. The Kier molecular flexibility index (Phi) is 4.99. The first-order valence-corrected chi connectivity index (χ1v) is 6.67. The summed E-state index contributed by atoms with van der Waals surface area (Å²) >= 11 is 5.96. The maximum absolute atomic E-state index is 12.1. The summed E-state index contributed by atoms with van der Waals surface area (Å²) in [6.45, 7) is -0.00202. The highest BCUT2D eigenvalue weighted by Crippen LogP contribution is 2.21. The minimum atomic E-state index is -0.282. The van der Waals surface area contributed by atoms with Crippen molar-refractivity contribution < 1.29 is 9.90 Å². The van der Waals surface area contributed by atoms with Crippen molar-refractivity contribution in [3.63, 3.8) is 0 Å². The Morgan fingerprint density at radius 2 is 2.33 bits per heavy atom. The van der Waals surface area contributed by atoms with E-state index >= 15 is 0 Å². The summed E-state index contributed by atoms with van der Waals surface area (Å²) in [6, 6.07) is 5.06. The first-order valence-electron chi connectivity index (χ1n) is 6.29. The van der Waals surface area contributed by atoms with Gasteiger partial charge in [-0.1, -0.05) is 23.4 Å². The molecular formula is C15H14ClN3O2. The van der Waals surface area contributed by atoms with Crippen LogP contribution in [0.3, 0.4) is 0 Å². The van der Waals surface area contributed by atoms with Gasteiger partial charge in [0.1, 0.15) is 0 Å². The molecule has 0 fully saturated rings. The maximum Gasteiger partial charge on any atom is 0.258 e. The van der Waals surface area contributed by atoms with E-state index in [1.54, 1.807) is 36.1 Å². The van der Waals surface area contributed by atoms with E-state index in [0.29, 0.717) is 28.3 Å². The number of hydrogen-bond donors (Lipinski definition) is 2. The Balaban J connectivity index is 2.24. The van der Waals surface area contributed by atoms with Crippen LogP contribution in [0.15, 0.2) is 30.6 Å². The summed E-state index contributed by atoms with van der Waals surface area (Å²) in [4.78, 5) is 12.1. The van der Waals surface area contributed by atoms with E-state index in [1.807, 2.05) is 0 Å². The van der Waals surface area contributed by atoms with Gasteiger partial charge < -0.3 is 10.4 Å². The van der Waals surface area contributed by atoms with Crippen LogP contribution < -0.4 is 5.32 Å². The van der Waals surface area contributed by atoms with E-state index in [1.165, 1.54) is 6.20 Å². The number of nitrogens with zero attached hydrogens (tertiary/aromatic N) is 2. The zero-order chi connectivity index (χ0) is 15.2. The lowest BCUT2D eigenvalue weighted by Crippen LogP contribution is -2.12. The zero-order valence-corrected chi connectivity index (χ0v) is 12.2. The molecule has 0 aliphatic carbocycles. The number of carbonyl (C=O) groups is 1. The van der Waals surface area contributed by atoms with Crippen molar-refractivity contribution in [2.45, 2.75) is 6.42 Å². The predicted molar refractivity (Wildman–Crippen MR) is 81.2 cm³/mol. The number of carbonyl (C=O) groups excluding carboxylic acids is 1. The molecule has 5 nitrogen and oxygen atoms in total. The third-order valence-electron chi connectivity index (χ3n) is 2.66. The summed E-state index contributed by atoms with van der Waals surface area (Å²) in [6.07, 6.45) is 3.48. The number of halogens is 1. The largest absolute Gasteiger partial charge is 0.395 e. The van der Waals surface area contributed by atoms with Crippen molar-refractivity contribution in [2.24, 2.45) is 7.05 Å². The fourth-order valence-electron chi connectivity index (χ4n) is 1.68. The average Bonchev–Trinajstić information content (AvgIpc) is 2.88. The highest BCUT2D eigenvalue weighted by Gasteiger charge is 2.10. The topological polar surface area (TPSA) is 67.2 Å². The Morgan fingerprint density at radius 3 is 3.00 bits per heavy atom. The molecule has 1 heterocycles. The van der Waals surface area contributed by atoms with E-state index < -0.39 is 0 Å². The third kappa shape index (κ3) is 4.09. The Hall–Kier alpha value is -2.29. The lowest BCUT2D eigenvalue weighted by molar-refractivity contribution is 0.102. The van der Waals surface area contributed by atoms with E-state index in [-0.39, 0.29) is 12.5 Å². The Labute approximate surface area is 127 Å². The molecule has 2 rings (SSSR count). The SMILES string of the molecule is Cn1cc(C(=O)Nc2cc(Cl)ccc2C#CCCO)cn1. The summed E-state index contributed by atoms with van der Waals surface area (Å²) in [7, 11) is 1.74. The molecule has 6 heteroatoms. The monoisotopic (exact) mass is 303 g/mol. The van der Waals surface area contributed by atoms with E-state index in [2.05, 4.69) is 22.3 Å². The number of hydrogen-bond acceptors (Lipinski definition) is 3. The number of rotatable bonds is 3. The van der Waals surface area contributed by atoms with Crippen LogP contribution in [0.1, 0.15) is 22.3 Å². The van der Waals surface area contributed by atoms with Crippen molar-refractivity contribution in [3.8, 4) is 11.8 Å². The second-order valence-electron chi connectivity index (χ2n) is 4.32. The second-order valence-corrected chi connectivity index (χ2v) is 4.76. The number of benzene rings is 1. The summed E-state index contributed by atoms with van der Waals surface area (Å²) in [5, 5.41) is 16.0. The van der Waals surface area contributed by atoms with Crippen LogP contribution in [0.25, 0.3) is 0 Å². The normalized spacial score (nSPS) is 9.86. The standard InChI is InChI=1S/C15H14ClN3O2/c1-19-10-12(9-17-19)15(21)18-14-8-13(16)6-5-11(14)4-2-3-7-20/h5-6,8-10,20H,3,7H2,1H3,(H,18,21). The van der Waals surface area contributed by atoms with Gasteiger partial charge in [0.15, 0.2) is 0 Å². The molecule has 0 radical (unpaired) electrons. The molecule has 0 atom stereocenters. The van der Waals surface area contributed by atoms with Crippen molar-refractivity contribution in [2.75, 3.05) is 11.9 Å². The van der Waals surface area contributed by atoms with Crippen LogP contribution in [0, 0.1) is 11.8 Å². The molecule has 0 saturated carbocycles. The third-order valence-corrected chi connectivity index (χ3v) is 2.89. The molecule has 0 spiro atoms. The molecule has 108 valence electrons. The molecule has 21 heavy (non-hydrogen) atoms. The maximum atomic E-state index is 12.1.